The van der Waals surface area contributed by atoms with Crippen molar-refractivity contribution in [3.63, 3.8) is 0 Å². The number of pyridine rings is 1. The normalized spacial score (nSPS) is 14.5. The second-order valence-electron chi connectivity index (χ2n) is 5.65. The molecule has 8 nitrogen and oxygen atoms in total. The Morgan fingerprint density at radius 2 is 2.16 bits per heavy atom. The molecule has 0 bridgehead atoms. The minimum Gasteiger partial charge on any atom is -0.482 e. The summed E-state index contributed by atoms with van der Waals surface area (Å²) in [6, 6.07) is 7.18. The average molecular weight is 339 g/mol. The van der Waals surface area contributed by atoms with Crippen molar-refractivity contribution in [2.24, 2.45) is 0 Å². The van der Waals surface area contributed by atoms with Crippen LogP contribution in [0.15, 0.2) is 45.7 Å². The Morgan fingerprint density at radius 1 is 1.32 bits per heavy atom. The molecule has 1 aliphatic heterocycles. The molecule has 1 aliphatic rings. The average Bonchev–Trinajstić information content (AvgIpc) is 2.95. The Labute approximate surface area is 141 Å². The first-order valence-corrected chi connectivity index (χ1v) is 7.61. The molecule has 0 spiro atoms. The molecule has 3 heterocycles. The molecule has 8 heteroatoms. The first kappa shape index (κ1) is 15.1. The highest BCUT2D eigenvalue weighted by molar-refractivity contribution is 6.02. The van der Waals surface area contributed by atoms with Crippen LogP contribution in [-0.4, -0.2) is 27.8 Å². The van der Waals surface area contributed by atoms with Gasteiger partial charge in [0.1, 0.15) is 11.8 Å². The molecule has 25 heavy (non-hydrogen) atoms. The van der Waals surface area contributed by atoms with Gasteiger partial charge in [-0.1, -0.05) is 0 Å². The van der Waals surface area contributed by atoms with Gasteiger partial charge in [0.15, 0.2) is 23.6 Å². The second kappa shape index (κ2) is 5.59. The summed E-state index contributed by atoms with van der Waals surface area (Å²) in [5.74, 6) is -0.745. The number of hydrogen-bond donors (Lipinski definition) is 1. The van der Waals surface area contributed by atoms with E-state index >= 15 is 0 Å². The van der Waals surface area contributed by atoms with Gasteiger partial charge in [-0.3, -0.25) is 9.59 Å². The molecule has 0 radical (unpaired) electrons. The lowest BCUT2D eigenvalue weighted by molar-refractivity contribution is -0.118. The molecule has 3 aromatic rings. The highest BCUT2D eigenvalue weighted by Gasteiger charge is 2.25. The molecule has 2 aromatic heterocycles. The van der Waals surface area contributed by atoms with Crippen molar-refractivity contribution < 1.29 is 18.7 Å². The van der Waals surface area contributed by atoms with Gasteiger partial charge in [-0.05, 0) is 37.3 Å². The maximum absolute atomic E-state index is 12.8. The summed E-state index contributed by atoms with van der Waals surface area (Å²) in [6.45, 7) is 1.54. The number of rotatable bonds is 3. The van der Waals surface area contributed by atoms with Crippen LogP contribution in [-0.2, 0) is 4.79 Å². The Morgan fingerprint density at radius 3 is 3.00 bits per heavy atom. The molecule has 0 aliphatic carbocycles. The summed E-state index contributed by atoms with van der Waals surface area (Å²) in [6.07, 6.45) is 1.52. The van der Waals surface area contributed by atoms with Crippen LogP contribution in [0.25, 0.3) is 11.2 Å². The van der Waals surface area contributed by atoms with Gasteiger partial charge < -0.3 is 14.5 Å². The maximum atomic E-state index is 12.8. The molecule has 4 rings (SSSR count). The largest absolute Gasteiger partial charge is 0.482 e. The second-order valence-corrected chi connectivity index (χ2v) is 5.65. The number of benzene rings is 1. The standard InChI is InChI=1S/C17H13N3O5/c1-9(20-16-13(25-17(20)23)3-2-6-18-16)15(22)10-4-5-12-11(7-10)19-14(21)8-24-12/h2-7,9H,8H2,1H3,(H,19,21). The van der Waals surface area contributed by atoms with Crippen LogP contribution in [0.1, 0.15) is 23.3 Å². The number of fused-ring (bicyclic) bond motifs is 2. The number of anilines is 1. The molecule has 0 fully saturated rings. The molecular weight excluding hydrogens is 326 g/mol. The fraction of sp³-hybridized carbons (Fsp3) is 0.176. The van der Waals surface area contributed by atoms with Crippen molar-refractivity contribution in [2.75, 3.05) is 11.9 Å². The Hall–Kier alpha value is -3.42. The van der Waals surface area contributed by atoms with Crippen LogP contribution in [0.4, 0.5) is 5.69 Å². The number of amides is 1. The number of ether oxygens (including phenoxy) is 1. The summed E-state index contributed by atoms with van der Waals surface area (Å²) >= 11 is 0. The van der Waals surface area contributed by atoms with E-state index in [9.17, 15) is 14.4 Å². The summed E-state index contributed by atoms with van der Waals surface area (Å²) in [5, 5.41) is 2.65. The molecule has 1 N–H and O–H groups in total. The number of ketones is 1. The summed E-state index contributed by atoms with van der Waals surface area (Å²) in [7, 11) is 0. The number of nitrogens with one attached hydrogen (secondary N) is 1. The maximum Gasteiger partial charge on any atom is 0.421 e. The van der Waals surface area contributed by atoms with E-state index in [1.165, 1.54) is 16.8 Å². The minimum absolute atomic E-state index is 0.0568. The van der Waals surface area contributed by atoms with Gasteiger partial charge in [-0.2, -0.15) is 0 Å². The van der Waals surface area contributed by atoms with Crippen LogP contribution >= 0.6 is 0 Å². The van der Waals surface area contributed by atoms with Crippen LogP contribution < -0.4 is 15.8 Å². The minimum atomic E-state index is -0.818. The number of aromatic nitrogens is 2. The lowest BCUT2D eigenvalue weighted by Gasteiger charge is -2.19. The molecule has 1 amide bonds. The third kappa shape index (κ3) is 2.47. The monoisotopic (exact) mass is 339 g/mol. The quantitative estimate of drug-likeness (QED) is 0.729. The van der Waals surface area contributed by atoms with Gasteiger partial charge in [0.2, 0.25) is 0 Å². The first-order valence-electron chi connectivity index (χ1n) is 7.61. The number of carbonyl (C=O) groups excluding carboxylic acids is 2. The van der Waals surface area contributed by atoms with Crippen molar-refractivity contribution in [2.45, 2.75) is 13.0 Å². The van der Waals surface area contributed by atoms with Crippen LogP contribution in [0.2, 0.25) is 0 Å². The zero-order chi connectivity index (χ0) is 17.6. The fourth-order valence-corrected chi connectivity index (χ4v) is 2.81. The lowest BCUT2D eigenvalue weighted by Crippen LogP contribution is -2.27. The van der Waals surface area contributed by atoms with Crippen LogP contribution in [0, 0.1) is 0 Å². The molecule has 1 aromatic carbocycles. The molecule has 1 atom stereocenters. The number of Topliss-reactive ketones (excluding diaryl/α,β-unsaturated/α-hetero) is 1. The Kier molecular flexibility index (Phi) is 3.38. The molecule has 0 saturated heterocycles. The van der Waals surface area contributed by atoms with E-state index in [-0.39, 0.29) is 18.3 Å². The number of oxazole rings is 1. The van der Waals surface area contributed by atoms with Gasteiger partial charge in [0.25, 0.3) is 5.91 Å². The fourth-order valence-electron chi connectivity index (χ4n) is 2.81. The molecule has 126 valence electrons. The number of nitrogens with zero attached hydrogens (tertiary/aromatic N) is 2. The molecule has 1 unspecified atom stereocenters. The van der Waals surface area contributed by atoms with Crippen LogP contribution in [0.5, 0.6) is 5.75 Å². The third-order valence-electron chi connectivity index (χ3n) is 4.04. The van der Waals surface area contributed by atoms with Gasteiger partial charge in [0.05, 0.1) is 5.69 Å². The van der Waals surface area contributed by atoms with Crippen molar-refractivity contribution in [3.05, 3.63) is 52.6 Å². The van der Waals surface area contributed by atoms with Gasteiger partial charge in [0, 0.05) is 11.8 Å². The molecule has 0 saturated carbocycles. The van der Waals surface area contributed by atoms with Crippen LogP contribution in [0.3, 0.4) is 0 Å². The highest BCUT2D eigenvalue weighted by Crippen LogP contribution is 2.30. The van der Waals surface area contributed by atoms with Crippen molar-refractivity contribution in [1.29, 1.82) is 0 Å². The van der Waals surface area contributed by atoms with Gasteiger partial charge in [-0.15, -0.1) is 0 Å². The summed E-state index contributed by atoms with van der Waals surface area (Å²) < 4.78 is 11.6. The summed E-state index contributed by atoms with van der Waals surface area (Å²) in [5.41, 5.74) is 1.40. The molecular formula is C17H13N3O5. The van der Waals surface area contributed by atoms with Gasteiger partial charge in [-0.25, -0.2) is 14.3 Å². The highest BCUT2D eigenvalue weighted by atomic mass is 16.5. The van der Waals surface area contributed by atoms with E-state index in [1.54, 1.807) is 31.2 Å². The first-order chi connectivity index (χ1) is 12.0. The van der Waals surface area contributed by atoms with E-state index in [4.69, 9.17) is 9.15 Å². The van der Waals surface area contributed by atoms with Crippen molar-refractivity contribution >= 4 is 28.6 Å². The van der Waals surface area contributed by atoms with E-state index in [0.29, 0.717) is 28.2 Å². The Balaban J connectivity index is 1.73. The summed E-state index contributed by atoms with van der Waals surface area (Å²) in [4.78, 5) is 40.5. The lowest BCUT2D eigenvalue weighted by atomic mass is 10.0. The van der Waals surface area contributed by atoms with Gasteiger partial charge >= 0.3 is 5.76 Å². The van der Waals surface area contributed by atoms with Crippen molar-refractivity contribution in [1.82, 2.24) is 9.55 Å². The van der Waals surface area contributed by atoms with E-state index in [1.807, 2.05) is 0 Å². The SMILES string of the molecule is CC(C(=O)c1ccc2c(c1)NC(=O)CO2)n1c(=O)oc2cccnc21. The Bertz CT molecular complexity index is 1070. The van der Waals surface area contributed by atoms with E-state index < -0.39 is 11.8 Å². The third-order valence-corrected chi connectivity index (χ3v) is 4.04. The smallest absolute Gasteiger partial charge is 0.421 e. The van der Waals surface area contributed by atoms with E-state index in [2.05, 4.69) is 10.3 Å². The topological polar surface area (TPSA) is 103 Å². The zero-order valence-corrected chi connectivity index (χ0v) is 13.2. The van der Waals surface area contributed by atoms with E-state index in [0.717, 1.165) is 0 Å². The number of carbonyl (C=O) groups is 2. The zero-order valence-electron chi connectivity index (χ0n) is 13.2. The number of hydrogen-bond acceptors (Lipinski definition) is 6. The van der Waals surface area contributed by atoms with Crippen molar-refractivity contribution in [3.8, 4) is 5.75 Å². The predicted molar refractivity (Wildman–Crippen MR) is 87.9 cm³/mol. The predicted octanol–water partition coefficient (Wildman–Crippen LogP) is 1.76.